The van der Waals surface area contributed by atoms with E-state index in [1.807, 2.05) is 6.92 Å². The molecule has 0 radical (unpaired) electrons. The van der Waals surface area contributed by atoms with Gasteiger partial charge in [-0.05, 0) is 111 Å². The predicted molar refractivity (Wildman–Crippen MR) is 132 cm³/mol. The number of carboxylic acid groups (broad SMARTS) is 1. The lowest BCUT2D eigenvalue weighted by Crippen LogP contribution is -2.68. The van der Waals surface area contributed by atoms with E-state index in [1.54, 1.807) is 0 Å². The van der Waals surface area contributed by atoms with Crippen molar-refractivity contribution in [3.63, 3.8) is 0 Å². The highest BCUT2D eigenvalue weighted by atomic mass is 16.6. The van der Waals surface area contributed by atoms with Crippen LogP contribution in [0.15, 0.2) is 0 Å². The summed E-state index contributed by atoms with van der Waals surface area (Å²) >= 11 is 0. The number of fused-ring (bicyclic) bond motifs is 7. The molecule has 0 aromatic carbocycles. The van der Waals surface area contributed by atoms with Gasteiger partial charge in [0.05, 0.1) is 12.0 Å². The maximum absolute atomic E-state index is 12.3. The van der Waals surface area contributed by atoms with Crippen LogP contribution < -0.4 is 0 Å². The third kappa shape index (κ3) is 2.51. The first-order valence-corrected chi connectivity index (χ1v) is 14.3. The Balaban J connectivity index is 1.39. The number of carbonyl (C=O) groups is 1. The Bertz CT molecular complexity index is 917. The molecule has 2 bridgehead atoms. The number of hydrogen-bond acceptors (Lipinski definition) is 3. The molecule has 1 saturated heterocycles. The summed E-state index contributed by atoms with van der Waals surface area (Å²) in [6.07, 6.45) is 12.0. The quantitative estimate of drug-likeness (QED) is 0.448. The van der Waals surface area contributed by atoms with E-state index in [1.165, 1.54) is 38.5 Å². The highest BCUT2D eigenvalue weighted by molar-refractivity contribution is 5.74. The van der Waals surface area contributed by atoms with Crippen molar-refractivity contribution in [1.82, 2.24) is 0 Å². The average molecular weight is 473 g/mol. The van der Waals surface area contributed by atoms with Gasteiger partial charge in [0, 0.05) is 17.8 Å². The summed E-state index contributed by atoms with van der Waals surface area (Å²) in [5.41, 5.74) is 0.569. The maximum Gasteiger partial charge on any atom is 0.309 e. The molecule has 0 aromatic rings. The van der Waals surface area contributed by atoms with Crippen LogP contribution in [0.5, 0.6) is 0 Å². The number of hydrogen-bond donors (Lipinski definition) is 2. The second-order valence-electron chi connectivity index (χ2n) is 15.4. The second kappa shape index (κ2) is 6.63. The molecule has 6 aliphatic rings. The molecule has 34 heavy (non-hydrogen) atoms. The van der Waals surface area contributed by atoms with Gasteiger partial charge in [-0.2, -0.15) is 0 Å². The van der Waals surface area contributed by atoms with E-state index in [4.69, 9.17) is 4.74 Å². The van der Waals surface area contributed by atoms with Crippen molar-refractivity contribution in [3.05, 3.63) is 0 Å². The number of ether oxygens (including phenoxy) is 1. The third-order valence-corrected chi connectivity index (χ3v) is 14.6. The first-order valence-electron chi connectivity index (χ1n) is 14.3. The van der Waals surface area contributed by atoms with Gasteiger partial charge in [0.2, 0.25) is 0 Å². The van der Waals surface area contributed by atoms with Gasteiger partial charge in [0.25, 0.3) is 0 Å². The molecule has 192 valence electrons. The summed E-state index contributed by atoms with van der Waals surface area (Å²) in [6, 6.07) is 0. The molecule has 5 saturated carbocycles. The second-order valence-corrected chi connectivity index (χ2v) is 15.4. The lowest BCUT2D eigenvalue weighted by atomic mass is 9.30. The van der Waals surface area contributed by atoms with Crippen molar-refractivity contribution in [2.24, 2.45) is 56.2 Å². The van der Waals surface area contributed by atoms with Crippen molar-refractivity contribution in [3.8, 4) is 0 Å². The molecular formula is C30H48O4. The minimum Gasteiger partial charge on any atom is -0.481 e. The molecule has 6 fully saturated rings. The van der Waals surface area contributed by atoms with Gasteiger partial charge in [0.1, 0.15) is 0 Å². The van der Waals surface area contributed by atoms with E-state index >= 15 is 0 Å². The van der Waals surface area contributed by atoms with Crippen molar-refractivity contribution in [2.45, 2.75) is 118 Å². The molecule has 1 spiro atoms. The monoisotopic (exact) mass is 472 g/mol. The largest absolute Gasteiger partial charge is 0.481 e. The van der Waals surface area contributed by atoms with Crippen LogP contribution in [0, 0.1) is 56.2 Å². The molecule has 2 N–H and O–H groups in total. The Morgan fingerprint density at radius 3 is 2.12 bits per heavy atom. The van der Waals surface area contributed by atoms with E-state index in [0.29, 0.717) is 17.8 Å². The van der Waals surface area contributed by atoms with Crippen LogP contribution in [-0.4, -0.2) is 28.6 Å². The van der Waals surface area contributed by atoms with Gasteiger partial charge in [0.15, 0.2) is 5.79 Å². The topological polar surface area (TPSA) is 66.8 Å². The SMILES string of the molecule is C[C@@H]1[C@@]23CC[C@@H]4[C@](C)(CC[C@@]5(C)[C@H]6C[C@](C)(C(=O)O)CC[C@]6(C)CC[C@]45C)[C@@H]2CC[C@]1(O)OC3. The number of aliphatic hydroxyl groups is 1. The van der Waals surface area contributed by atoms with E-state index in [9.17, 15) is 15.0 Å². The highest BCUT2D eigenvalue weighted by Crippen LogP contribution is 2.79. The Morgan fingerprint density at radius 1 is 0.794 bits per heavy atom. The van der Waals surface area contributed by atoms with Crippen LogP contribution in [0.1, 0.15) is 112 Å². The third-order valence-electron chi connectivity index (χ3n) is 14.6. The molecular weight excluding hydrogens is 424 g/mol. The lowest BCUT2D eigenvalue weighted by molar-refractivity contribution is -0.267. The van der Waals surface area contributed by atoms with Gasteiger partial charge in [-0.3, -0.25) is 4.79 Å². The van der Waals surface area contributed by atoms with Crippen LogP contribution in [0.2, 0.25) is 0 Å². The van der Waals surface area contributed by atoms with Crippen molar-refractivity contribution in [1.29, 1.82) is 0 Å². The van der Waals surface area contributed by atoms with Crippen LogP contribution in [0.3, 0.4) is 0 Å². The zero-order valence-electron chi connectivity index (χ0n) is 22.5. The first kappa shape index (κ1) is 23.8. The van der Waals surface area contributed by atoms with Gasteiger partial charge in [-0.25, -0.2) is 0 Å². The molecule has 6 rings (SSSR count). The van der Waals surface area contributed by atoms with Crippen LogP contribution >= 0.6 is 0 Å². The fourth-order valence-corrected chi connectivity index (χ4v) is 11.9. The summed E-state index contributed by atoms with van der Waals surface area (Å²) in [4.78, 5) is 12.3. The Labute approximate surface area is 206 Å². The van der Waals surface area contributed by atoms with Crippen LogP contribution in [-0.2, 0) is 9.53 Å². The summed E-state index contributed by atoms with van der Waals surface area (Å²) in [5.74, 6) is 0.525. The van der Waals surface area contributed by atoms with Gasteiger partial charge < -0.3 is 14.9 Å². The van der Waals surface area contributed by atoms with Gasteiger partial charge in [-0.15, -0.1) is 0 Å². The molecule has 1 heterocycles. The zero-order valence-corrected chi connectivity index (χ0v) is 22.5. The summed E-state index contributed by atoms with van der Waals surface area (Å²) in [7, 11) is 0. The number of rotatable bonds is 1. The summed E-state index contributed by atoms with van der Waals surface area (Å²) in [6.45, 7) is 15.3. The van der Waals surface area contributed by atoms with Crippen molar-refractivity contribution in [2.75, 3.05) is 6.61 Å². The molecule has 4 heteroatoms. The van der Waals surface area contributed by atoms with Crippen molar-refractivity contribution >= 4 is 5.97 Å². The summed E-state index contributed by atoms with van der Waals surface area (Å²) in [5, 5.41) is 21.3. The lowest BCUT2D eigenvalue weighted by Gasteiger charge is -2.74. The maximum atomic E-state index is 12.3. The molecule has 0 unspecified atom stereocenters. The normalized spacial score (nSPS) is 62.7. The average Bonchev–Trinajstić information content (AvgIpc) is 2.92. The van der Waals surface area contributed by atoms with Crippen LogP contribution in [0.25, 0.3) is 0 Å². The minimum atomic E-state index is -0.900. The Kier molecular flexibility index (Phi) is 4.63. The Morgan fingerprint density at radius 2 is 1.41 bits per heavy atom. The van der Waals surface area contributed by atoms with E-state index < -0.39 is 17.2 Å². The molecule has 1 aliphatic heterocycles. The fraction of sp³-hybridized carbons (Fsp3) is 0.967. The molecule has 0 amide bonds. The Hall–Kier alpha value is -0.610. The standard InChI is InChI=1S/C30H48O4/c1-19-29-9-7-20-26(4,21(29)8-10-30(19,33)34-18-29)14-16-28(6)22-17-25(3,23(31)32)12-11-24(22,2)13-15-27(20,28)5/h19-22,33H,7-18H2,1-6H3,(H,31,32)/t19-,20-,21+,22+,24-,25-,26+,27-,28+,29+,30+/m1/s1. The molecule has 5 aliphatic carbocycles. The molecule has 0 aromatic heterocycles. The van der Waals surface area contributed by atoms with Crippen molar-refractivity contribution < 1.29 is 19.7 Å². The number of aliphatic carboxylic acids is 1. The van der Waals surface area contributed by atoms with E-state index in [-0.39, 0.29) is 33.0 Å². The first-order chi connectivity index (χ1) is 15.7. The molecule has 11 atom stereocenters. The van der Waals surface area contributed by atoms with E-state index in [0.717, 1.165) is 38.7 Å². The van der Waals surface area contributed by atoms with E-state index in [2.05, 4.69) is 34.6 Å². The number of carboxylic acids is 1. The zero-order chi connectivity index (χ0) is 24.6. The highest BCUT2D eigenvalue weighted by Gasteiger charge is 2.74. The fourth-order valence-electron chi connectivity index (χ4n) is 11.9. The minimum absolute atomic E-state index is 0.137. The summed E-state index contributed by atoms with van der Waals surface area (Å²) < 4.78 is 6.14. The molecule has 4 nitrogen and oxygen atoms in total. The predicted octanol–water partition coefficient (Wildman–Crippen LogP) is 6.65. The van der Waals surface area contributed by atoms with Gasteiger partial charge >= 0.3 is 5.97 Å². The van der Waals surface area contributed by atoms with Gasteiger partial charge in [-0.1, -0.05) is 34.6 Å². The van der Waals surface area contributed by atoms with Crippen LogP contribution in [0.4, 0.5) is 0 Å². The smallest absolute Gasteiger partial charge is 0.309 e.